The Labute approximate surface area is 106 Å². The van der Waals surface area contributed by atoms with Crippen LogP contribution in [-0.2, 0) is 11.2 Å². The van der Waals surface area contributed by atoms with Crippen LogP contribution in [0.2, 0.25) is 0 Å². The number of ether oxygens (including phenoxy) is 1. The molecule has 1 N–H and O–H groups in total. The average Bonchev–Trinajstić information content (AvgIpc) is 2.76. The summed E-state index contributed by atoms with van der Waals surface area (Å²) in [5.74, 6) is -0.975. The Morgan fingerprint density at radius 1 is 1.37 bits per heavy atom. The Kier molecular flexibility index (Phi) is 3.69. The molecule has 0 amide bonds. The first-order valence-corrected chi connectivity index (χ1v) is 5.23. The van der Waals surface area contributed by atoms with Crippen molar-refractivity contribution in [2.75, 3.05) is 0 Å². The van der Waals surface area contributed by atoms with E-state index in [4.69, 9.17) is 5.11 Å². The fourth-order valence-electron chi connectivity index (χ4n) is 1.44. The Bertz CT molecular complexity index is 569. The van der Waals surface area contributed by atoms with Gasteiger partial charge in [0, 0.05) is 0 Å². The highest BCUT2D eigenvalue weighted by Gasteiger charge is 2.08. The number of benzene rings is 1. The molecule has 2 aromatic rings. The van der Waals surface area contributed by atoms with Crippen molar-refractivity contribution in [3.05, 3.63) is 36.2 Å². The number of hydrogen-bond donors (Lipinski definition) is 1. The second kappa shape index (κ2) is 5.42. The molecule has 0 aliphatic carbocycles. The van der Waals surface area contributed by atoms with E-state index in [1.165, 1.54) is 35.1 Å². The fourth-order valence-corrected chi connectivity index (χ4v) is 1.44. The molecule has 0 aliphatic rings. The highest BCUT2D eigenvalue weighted by atomic mass is 19.3. The highest BCUT2D eigenvalue weighted by molar-refractivity contribution is 5.69. The summed E-state index contributed by atoms with van der Waals surface area (Å²) in [5.41, 5.74) is 0.867. The summed E-state index contributed by atoms with van der Waals surface area (Å²) in [7, 11) is 0. The zero-order valence-corrected chi connectivity index (χ0v) is 9.53. The molecule has 0 saturated heterocycles. The summed E-state index contributed by atoms with van der Waals surface area (Å²) in [4.78, 5) is 10.5. The van der Waals surface area contributed by atoms with Crippen molar-refractivity contribution in [1.82, 2.24) is 15.0 Å². The number of carboxylic acid groups (broad SMARTS) is 1. The normalized spacial score (nSPS) is 10.7. The molecule has 0 radical (unpaired) electrons. The first-order valence-electron chi connectivity index (χ1n) is 5.23. The lowest BCUT2D eigenvalue weighted by molar-refractivity contribution is -0.136. The van der Waals surface area contributed by atoms with Crippen molar-refractivity contribution < 1.29 is 23.4 Å². The quantitative estimate of drug-likeness (QED) is 0.889. The predicted octanol–water partition coefficient (Wildman–Crippen LogP) is 1.50. The van der Waals surface area contributed by atoms with Gasteiger partial charge in [-0.05, 0) is 24.3 Å². The topological polar surface area (TPSA) is 77.2 Å². The average molecular weight is 269 g/mol. The van der Waals surface area contributed by atoms with Crippen molar-refractivity contribution >= 4 is 5.97 Å². The van der Waals surface area contributed by atoms with E-state index >= 15 is 0 Å². The monoisotopic (exact) mass is 269 g/mol. The molecule has 1 heterocycles. The number of aliphatic carboxylic acids is 1. The van der Waals surface area contributed by atoms with Gasteiger partial charge in [0.05, 0.1) is 24.0 Å². The third kappa shape index (κ3) is 3.47. The molecule has 1 aromatic carbocycles. The number of aromatic nitrogens is 3. The van der Waals surface area contributed by atoms with Gasteiger partial charge >= 0.3 is 12.6 Å². The number of carboxylic acids is 1. The van der Waals surface area contributed by atoms with Gasteiger partial charge in [0.25, 0.3) is 0 Å². The molecule has 100 valence electrons. The standard InChI is InChI=1S/C11H9F2N3O3/c12-11(13)19-9-3-1-8(2-4-9)16-6-7(14-15-16)5-10(17)18/h1-4,6,11H,5H2,(H,17,18). The number of nitrogens with zero attached hydrogens (tertiary/aromatic N) is 3. The minimum absolute atomic E-state index is 0.0321. The number of rotatable bonds is 5. The fraction of sp³-hybridized carbons (Fsp3) is 0.182. The van der Waals surface area contributed by atoms with E-state index < -0.39 is 12.6 Å². The number of hydrogen-bond acceptors (Lipinski definition) is 4. The van der Waals surface area contributed by atoms with Gasteiger partial charge in [-0.1, -0.05) is 5.21 Å². The number of carbonyl (C=O) groups is 1. The summed E-state index contributed by atoms with van der Waals surface area (Å²) in [5, 5.41) is 16.0. The summed E-state index contributed by atoms with van der Waals surface area (Å²) in [6.45, 7) is -2.88. The smallest absolute Gasteiger partial charge is 0.387 e. The van der Waals surface area contributed by atoms with Crippen molar-refractivity contribution in [3.8, 4) is 11.4 Å². The molecule has 0 unspecified atom stereocenters. The van der Waals surface area contributed by atoms with E-state index in [9.17, 15) is 13.6 Å². The van der Waals surface area contributed by atoms with Crippen LogP contribution in [0.15, 0.2) is 30.5 Å². The van der Waals surface area contributed by atoms with Gasteiger partial charge in [-0.25, -0.2) is 4.68 Å². The number of halogens is 2. The molecular weight excluding hydrogens is 260 g/mol. The van der Waals surface area contributed by atoms with Gasteiger partial charge in [0.15, 0.2) is 0 Å². The zero-order chi connectivity index (χ0) is 13.8. The molecule has 0 bridgehead atoms. The molecule has 19 heavy (non-hydrogen) atoms. The van der Waals surface area contributed by atoms with Crippen LogP contribution >= 0.6 is 0 Å². The van der Waals surface area contributed by atoms with Gasteiger partial charge in [0.1, 0.15) is 5.75 Å². The van der Waals surface area contributed by atoms with Crippen LogP contribution < -0.4 is 4.74 Å². The largest absolute Gasteiger partial charge is 0.481 e. The molecular formula is C11H9F2N3O3. The summed E-state index contributed by atoms with van der Waals surface area (Å²) >= 11 is 0. The van der Waals surface area contributed by atoms with E-state index in [0.29, 0.717) is 11.4 Å². The van der Waals surface area contributed by atoms with E-state index in [2.05, 4.69) is 15.0 Å². The Balaban J connectivity index is 2.13. The van der Waals surface area contributed by atoms with E-state index in [1.54, 1.807) is 0 Å². The zero-order valence-electron chi connectivity index (χ0n) is 9.53. The van der Waals surface area contributed by atoms with Gasteiger partial charge in [-0.15, -0.1) is 5.10 Å². The first-order chi connectivity index (χ1) is 9.04. The molecule has 1 aromatic heterocycles. The molecule has 0 saturated carbocycles. The van der Waals surface area contributed by atoms with Crippen LogP contribution in [0.4, 0.5) is 8.78 Å². The summed E-state index contributed by atoms with van der Waals surface area (Å²) in [6, 6.07) is 5.74. The summed E-state index contributed by atoms with van der Waals surface area (Å²) in [6.07, 6.45) is 1.23. The van der Waals surface area contributed by atoms with Crippen LogP contribution in [-0.4, -0.2) is 32.7 Å². The van der Waals surface area contributed by atoms with Crippen molar-refractivity contribution in [3.63, 3.8) is 0 Å². The van der Waals surface area contributed by atoms with Crippen molar-refractivity contribution in [2.45, 2.75) is 13.0 Å². The van der Waals surface area contributed by atoms with Crippen LogP contribution in [0, 0.1) is 0 Å². The molecule has 8 heteroatoms. The van der Waals surface area contributed by atoms with Crippen LogP contribution in [0.1, 0.15) is 5.69 Å². The Hall–Kier alpha value is -2.51. The predicted molar refractivity (Wildman–Crippen MR) is 59.3 cm³/mol. The summed E-state index contributed by atoms with van der Waals surface area (Å²) < 4.78 is 29.5. The second-order valence-electron chi connectivity index (χ2n) is 3.60. The maximum atomic E-state index is 12.0. The van der Waals surface area contributed by atoms with Gasteiger partial charge in [-0.3, -0.25) is 4.79 Å². The maximum Gasteiger partial charge on any atom is 0.387 e. The third-order valence-corrected chi connectivity index (χ3v) is 2.20. The highest BCUT2D eigenvalue weighted by Crippen LogP contribution is 2.16. The first kappa shape index (κ1) is 12.9. The van der Waals surface area contributed by atoms with Gasteiger partial charge in [-0.2, -0.15) is 8.78 Å². The Morgan fingerprint density at radius 3 is 2.63 bits per heavy atom. The lowest BCUT2D eigenvalue weighted by Gasteiger charge is -2.05. The minimum Gasteiger partial charge on any atom is -0.481 e. The van der Waals surface area contributed by atoms with Crippen molar-refractivity contribution in [1.29, 1.82) is 0 Å². The molecule has 0 atom stereocenters. The number of alkyl halides is 2. The maximum absolute atomic E-state index is 12.0. The SMILES string of the molecule is O=C(O)Cc1cn(-c2ccc(OC(F)F)cc2)nn1. The second-order valence-corrected chi connectivity index (χ2v) is 3.60. The minimum atomic E-state index is -2.88. The third-order valence-electron chi connectivity index (χ3n) is 2.20. The van der Waals surface area contributed by atoms with Crippen LogP contribution in [0.3, 0.4) is 0 Å². The van der Waals surface area contributed by atoms with E-state index in [-0.39, 0.29) is 12.2 Å². The Morgan fingerprint density at radius 2 is 2.05 bits per heavy atom. The van der Waals surface area contributed by atoms with Crippen LogP contribution in [0.5, 0.6) is 5.75 Å². The lowest BCUT2D eigenvalue weighted by Crippen LogP contribution is -2.02. The van der Waals surface area contributed by atoms with Crippen molar-refractivity contribution in [2.24, 2.45) is 0 Å². The van der Waals surface area contributed by atoms with E-state index in [0.717, 1.165) is 0 Å². The van der Waals surface area contributed by atoms with E-state index in [1.807, 2.05) is 0 Å². The van der Waals surface area contributed by atoms with Crippen LogP contribution in [0.25, 0.3) is 5.69 Å². The lowest BCUT2D eigenvalue weighted by atomic mass is 10.3. The molecule has 0 aliphatic heterocycles. The molecule has 0 fully saturated rings. The van der Waals surface area contributed by atoms with Gasteiger partial charge in [0.2, 0.25) is 0 Å². The molecule has 2 rings (SSSR count). The van der Waals surface area contributed by atoms with Gasteiger partial charge < -0.3 is 9.84 Å². The molecule has 0 spiro atoms. The molecule has 6 nitrogen and oxygen atoms in total.